The summed E-state index contributed by atoms with van der Waals surface area (Å²) in [4.78, 5) is 21.2. The Morgan fingerprint density at radius 2 is 1.91 bits per heavy atom. The average Bonchev–Trinajstić information content (AvgIpc) is 3.33. The monoisotopic (exact) mass is 492 g/mol. The molecule has 2 heterocycles. The number of aryl methyl sites for hydroxylation is 3. The first-order chi connectivity index (χ1) is 16.8. The number of hydrogen-bond donors (Lipinski definition) is 1. The number of sulfonamides is 1. The van der Waals surface area contributed by atoms with Crippen molar-refractivity contribution < 1.29 is 22.5 Å². The van der Waals surface area contributed by atoms with Crippen molar-refractivity contribution in [1.82, 2.24) is 15.1 Å². The Hall–Kier alpha value is -4.05. The molecule has 0 bridgehead atoms. The number of para-hydroxylation sites is 1. The number of carbonyl (C=O) groups excluding carboxylic acids is 1. The summed E-state index contributed by atoms with van der Waals surface area (Å²) in [5.74, 6) is 0.225. The molecule has 0 fully saturated rings. The first-order valence-electron chi connectivity index (χ1n) is 10.9. The second kappa shape index (κ2) is 10.5. The normalized spacial score (nSPS) is 11.3. The summed E-state index contributed by atoms with van der Waals surface area (Å²) in [7, 11) is -3.89. The molecule has 0 aliphatic carbocycles. The predicted octanol–water partition coefficient (Wildman–Crippen LogP) is 4.34. The van der Waals surface area contributed by atoms with E-state index in [1.54, 1.807) is 49.6 Å². The van der Waals surface area contributed by atoms with E-state index in [1.807, 2.05) is 19.1 Å². The lowest BCUT2D eigenvalue weighted by atomic mass is 10.2. The molecule has 9 nitrogen and oxygen atoms in total. The van der Waals surface area contributed by atoms with Crippen molar-refractivity contribution in [2.24, 2.45) is 0 Å². The number of pyridine rings is 1. The largest absolute Gasteiger partial charge is 0.462 e. The molecule has 2 aromatic heterocycles. The van der Waals surface area contributed by atoms with E-state index >= 15 is 0 Å². The number of ether oxygens (including phenoxy) is 1. The zero-order valence-corrected chi connectivity index (χ0v) is 20.1. The highest BCUT2D eigenvalue weighted by Gasteiger charge is 2.21. The van der Waals surface area contributed by atoms with Crippen LogP contribution in [-0.4, -0.2) is 36.1 Å². The maximum atomic E-state index is 13.0. The van der Waals surface area contributed by atoms with Gasteiger partial charge in [0.1, 0.15) is 0 Å². The molecule has 0 aliphatic heterocycles. The molecule has 0 aliphatic rings. The minimum Gasteiger partial charge on any atom is -0.462 e. The molecule has 0 atom stereocenters. The van der Waals surface area contributed by atoms with E-state index in [4.69, 9.17) is 9.26 Å². The third-order valence-electron chi connectivity index (χ3n) is 5.18. The molecule has 10 heteroatoms. The van der Waals surface area contributed by atoms with Crippen LogP contribution in [0.5, 0.6) is 0 Å². The minimum absolute atomic E-state index is 0.0987. The maximum Gasteiger partial charge on any atom is 0.340 e. The smallest absolute Gasteiger partial charge is 0.340 e. The van der Waals surface area contributed by atoms with E-state index in [-0.39, 0.29) is 22.8 Å². The van der Waals surface area contributed by atoms with Gasteiger partial charge in [-0.2, -0.15) is 4.98 Å². The molecule has 0 amide bonds. The van der Waals surface area contributed by atoms with Gasteiger partial charge in [-0.1, -0.05) is 29.4 Å². The Morgan fingerprint density at radius 1 is 1.09 bits per heavy atom. The number of aromatic nitrogens is 3. The predicted molar refractivity (Wildman–Crippen MR) is 129 cm³/mol. The van der Waals surface area contributed by atoms with Gasteiger partial charge in [-0.05, 0) is 61.7 Å². The standard InChI is InChI=1S/C25H24N4O5S/c1-17-11-12-18(2)22(15-17)35(31,32)29-21-9-4-3-8-20(21)25(30)33-14-6-10-23-27-24(28-34-23)19-7-5-13-26-16-19/h3-5,7-9,11-13,15-16,29H,6,10,14H2,1-2H3. The number of hydrogen-bond acceptors (Lipinski definition) is 8. The van der Waals surface area contributed by atoms with E-state index in [1.165, 1.54) is 12.1 Å². The first kappa shape index (κ1) is 24.1. The summed E-state index contributed by atoms with van der Waals surface area (Å²) in [5, 5.41) is 3.93. The van der Waals surface area contributed by atoms with Gasteiger partial charge in [0.15, 0.2) is 0 Å². The SMILES string of the molecule is Cc1ccc(C)c(S(=O)(=O)Nc2ccccc2C(=O)OCCCc2nc(-c3cccnc3)no2)c1. The van der Waals surface area contributed by atoms with E-state index in [2.05, 4.69) is 19.8 Å². The van der Waals surface area contributed by atoms with Gasteiger partial charge >= 0.3 is 5.97 Å². The summed E-state index contributed by atoms with van der Waals surface area (Å²) in [6.45, 7) is 3.64. The molecule has 0 unspecified atom stereocenters. The second-order valence-corrected chi connectivity index (χ2v) is 9.56. The van der Waals surface area contributed by atoms with E-state index in [0.29, 0.717) is 30.1 Å². The molecule has 0 radical (unpaired) electrons. The summed E-state index contributed by atoms with van der Waals surface area (Å²) >= 11 is 0. The lowest BCUT2D eigenvalue weighted by molar-refractivity contribution is 0.0499. The maximum absolute atomic E-state index is 13.0. The number of benzene rings is 2. The van der Waals surface area contributed by atoms with Crippen LogP contribution in [0.3, 0.4) is 0 Å². The van der Waals surface area contributed by atoms with Crippen LogP contribution in [0.2, 0.25) is 0 Å². The van der Waals surface area contributed by atoms with E-state index < -0.39 is 16.0 Å². The Morgan fingerprint density at radius 3 is 2.71 bits per heavy atom. The average molecular weight is 493 g/mol. The first-order valence-corrected chi connectivity index (χ1v) is 12.4. The van der Waals surface area contributed by atoms with Gasteiger partial charge in [0.25, 0.3) is 10.0 Å². The number of esters is 1. The Bertz CT molecular complexity index is 1440. The van der Waals surface area contributed by atoms with Crippen LogP contribution in [0.25, 0.3) is 11.4 Å². The highest BCUT2D eigenvalue weighted by atomic mass is 32.2. The molecule has 1 N–H and O–H groups in total. The van der Waals surface area contributed by atoms with Gasteiger partial charge in [-0.3, -0.25) is 9.71 Å². The highest BCUT2D eigenvalue weighted by Crippen LogP contribution is 2.24. The van der Waals surface area contributed by atoms with Crippen LogP contribution >= 0.6 is 0 Å². The topological polar surface area (TPSA) is 124 Å². The molecule has 35 heavy (non-hydrogen) atoms. The molecule has 4 aromatic rings. The van der Waals surface area contributed by atoms with Crippen LogP contribution in [-0.2, 0) is 21.2 Å². The Kier molecular flexibility index (Phi) is 7.21. The molecule has 4 rings (SSSR count). The van der Waals surface area contributed by atoms with Crippen molar-refractivity contribution in [3.63, 3.8) is 0 Å². The van der Waals surface area contributed by atoms with Crippen LogP contribution in [0.15, 0.2) is 76.4 Å². The number of anilines is 1. The molecular weight excluding hydrogens is 468 g/mol. The highest BCUT2D eigenvalue weighted by molar-refractivity contribution is 7.92. The van der Waals surface area contributed by atoms with Gasteiger partial charge in [0.05, 0.1) is 22.8 Å². The third kappa shape index (κ3) is 5.90. The number of nitrogens with zero attached hydrogens (tertiary/aromatic N) is 3. The van der Waals surface area contributed by atoms with Crippen molar-refractivity contribution >= 4 is 21.7 Å². The lowest BCUT2D eigenvalue weighted by Crippen LogP contribution is -2.17. The lowest BCUT2D eigenvalue weighted by Gasteiger charge is -2.14. The van der Waals surface area contributed by atoms with Crippen LogP contribution in [0, 0.1) is 13.8 Å². The van der Waals surface area contributed by atoms with Gasteiger partial charge in [0, 0.05) is 24.4 Å². The van der Waals surface area contributed by atoms with Crippen molar-refractivity contribution in [3.05, 3.63) is 89.6 Å². The fraction of sp³-hybridized carbons (Fsp3) is 0.200. The van der Waals surface area contributed by atoms with Crippen molar-refractivity contribution in [2.45, 2.75) is 31.6 Å². The molecule has 180 valence electrons. The second-order valence-electron chi connectivity index (χ2n) is 7.91. The fourth-order valence-corrected chi connectivity index (χ4v) is 4.79. The number of nitrogens with one attached hydrogen (secondary N) is 1. The van der Waals surface area contributed by atoms with Crippen LogP contribution in [0.1, 0.15) is 33.8 Å². The van der Waals surface area contributed by atoms with Gasteiger partial charge in [-0.15, -0.1) is 0 Å². The fourth-order valence-electron chi connectivity index (χ4n) is 3.38. The Labute approximate surface area is 203 Å². The van der Waals surface area contributed by atoms with Crippen LogP contribution in [0.4, 0.5) is 5.69 Å². The third-order valence-corrected chi connectivity index (χ3v) is 6.69. The molecule has 0 saturated carbocycles. The van der Waals surface area contributed by atoms with Gasteiger partial charge in [-0.25, -0.2) is 13.2 Å². The molecule has 0 saturated heterocycles. The van der Waals surface area contributed by atoms with Gasteiger partial charge < -0.3 is 9.26 Å². The number of rotatable bonds is 9. The number of carbonyl (C=O) groups is 1. The van der Waals surface area contributed by atoms with Crippen molar-refractivity contribution in [3.8, 4) is 11.4 Å². The van der Waals surface area contributed by atoms with Gasteiger partial charge in [0.2, 0.25) is 11.7 Å². The van der Waals surface area contributed by atoms with E-state index in [0.717, 1.165) is 11.1 Å². The summed E-state index contributed by atoms with van der Waals surface area (Å²) in [6.07, 6.45) is 4.17. The zero-order chi connectivity index (χ0) is 24.8. The zero-order valence-electron chi connectivity index (χ0n) is 19.3. The Balaban J connectivity index is 1.37. The summed E-state index contributed by atoms with van der Waals surface area (Å²) in [5.41, 5.74) is 2.44. The molecule has 0 spiro atoms. The van der Waals surface area contributed by atoms with Crippen molar-refractivity contribution in [1.29, 1.82) is 0 Å². The van der Waals surface area contributed by atoms with Crippen molar-refractivity contribution in [2.75, 3.05) is 11.3 Å². The summed E-state index contributed by atoms with van der Waals surface area (Å²) < 4.78 is 39.1. The minimum atomic E-state index is -3.89. The quantitative estimate of drug-likeness (QED) is 0.270. The molecule has 2 aromatic carbocycles. The summed E-state index contributed by atoms with van der Waals surface area (Å²) in [6, 6.07) is 15.1. The van der Waals surface area contributed by atoms with E-state index in [9.17, 15) is 13.2 Å². The van der Waals surface area contributed by atoms with Crippen LogP contribution < -0.4 is 4.72 Å². The molecular formula is C25H24N4O5S.